The maximum Gasteiger partial charge on any atom is 0.311 e. The Hall–Kier alpha value is -1.10. The van der Waals surface area contributed by atoms with Gasteiger partial charge in [-0.05, 0) is 63.7 Å². The van der Waals surface area contributed by atoms with Gasteiger partial charge >= 0.3 is 5.97 Å². The van der Waals surface area contributed by atoms with Crippen molar-refractivity contribution in [3.8, 4) is 0 Å². The summed E-state index contributed by atoms with van der Waals surface area (Å²) >= 11 is 0. The highest BCUT2D eigenvalue weighted by atomic mass is 16.5. The molecule has 0 spiro atoms. The number of amides is 1. The molecule has 4 bridgehead atoms. The van der Waals surface area contributed by atoms with Gasteiger partial charge in [-0.3, -0.25) is 14.6 Å². The highest BCUT2D eigenvalue weighted by molar-refractivity contribution is 5.90. The Morgan fingerprint density at radius 2 is 1.86 bits per heavy atom. The van der Waals surface area contributed by atoms with Crippen LogP contribution in [-0.4, -0.2) is 35.6 Å². The summed E-state index contributed by atoms with van der Waals surface area (Å²) < 4.78 is 5.09. The van der Waals surface area contributed by atoms with E-state index in [-0.39, 0.29) is 23.3 Å². The van der Waals surface area contributed by atoms with Gasteiger partial charge in [-0.15, -0.1) is 0 Å². The molecule has 0 aromatic heterocycles. The van der Waals surface area contributed by atoms with Crippen LogP contribution in [0.1, 0.15) is 46.0 Å². The second-order valence-electron chi connectivity index (χ2n) is 8.14. The molecule has 1 N–H and O–H groups in total. The molecule has 21 heavy (non-hydrogen) atoms. The van der Waals surface area contributed by atoms with Crippen molar-refractivity contribution in [2.75, 3.05) is 7.11 Å². The zero-order valence-electron chi connectivity index (χ0n) is 13.0. The summed E-state index contributed by atoms with van der Waals surface area (Å²) in [5.74, 6) is 1.71. The molecular weight excluding hydrogens is 268 g/mol. The molecule has 1 aliphatic heterocycles. The number of nitrogens with zero attached hydrogens (tertiary/aromatic N) is 1. The Balaban J connectivity index is 1.59. The molecule has 5 aliphatic rings. The number of ether oxygens (including phenoxy) is 1. The van der Waals surface area contributed by atoms with Crippen molar-refractivity contribution >= 4 is 11.9 Å². The summed E-state index contributed by atoms with van der Waals surface area (Å²) in [7, 11) is 1.50. The summed E-state index contributed by atoms with van der Waals surface area (Å²) in [4.78, 5) is 24.6. The third kappa shape index (κ3) is 1.67. The van der Waals surface area contributed by atoms with E-state index in [4.69, 9.17) is 4.74 Å². The molecule has 116 valence electrons. The fourth-order valence-electron chi connectivity index (χ4n) is 5.74. The van der Waals surface area contributed by atoms with E-state index in [1.165, 1.54) is 7.11 Å². The van der Waals surface area contributed by atoms with Crippen LogP contribution in [0.2, 0.25) is 0 Å². The minimum absolute atomic E-state index is 0.0245. The van der Waals surface area contributed by atoms with Gasteiger partial charge in [0.2, 0.25) is 0 Å². The highest BCUT2D eigenvalue weighted by Crippen LogP contribution is 2.61. The minimum atomic E-state index is -0.422. The average Bonchev–Trinajstić information content (AvgIpc) is 2.43. The molecule has 5 nitrogen and oxygen atoms in total. The topological polar surface area (TPSA) is 58.6 Å². The van der Waals surface area contributed by atoms with E-state index in [1.807, 2.05) is 18.9 Å². The lowest BCUT2D eigenvalue weighted by molar-refractivity contribution is -0.198. The van der Waals surface area contributed by atoms with Gasteiger partial charge in [-0.1, -0.05) is 0 Å². The van der Waals surface area contributed by atoms with Crippen LogP contribution in [0.3, 0.4) is 0 Å². The highest BCUT2D eigenvalue weighted by Gasteiger charge is 2.63. The van der Waals surface area contributed by atoms with E-state index in [9.17, 15) is 9.59 Å². The fourth-order valence-corrected chi connectivity index (χ4v) is 5.74. The number of carbonyl (C=O) groups is 2. The van der Waals surface area contributed by atoms with Crippen LogP contribution in [0.25, 0.3) is 0 Å². The molecule has 0 radical (unpaired) electrons. The van der Waals surface area contributed by atoms with Crippen molar-refractivity contribution < 1.29 is 14.3 Å². The van der Waals surface area contributed by atoms with Gasteiger partial charge in [0.05, 0.1) is 18.6 Å². The van der Waals surface area contributed by atoms with Crippen molar-refractivity contribution in [3.63, 3.8) is 0 Å². The first-order chi connectivity index (χ1) is 9.86. The number of hydrazine groups is 1. The Morgan fingerprint density at radius 1 is 1.24 bits per heavy atom. The standard InChI is InChI=1S/C16H24N2O3/c1-15(2)13(19)18(17-15)12-10-4-9-5-11(12)8-16(6-9,7-10)14(20)21-3/h9-12,17H,4-8H2,1-3H3/t9?,10-,11+,12?,16?. The second-order valence-corrected chi connectivity index (χ2v) is 8.14. The Bertz CT molecular complexity index is 500. The summed E-state index contributed by atoms with van der Waals surface area (Å²) in [6.45, 7) is 3.86. The van der Waals surface area contributed by atoms with E-state index in [0.29, 0.717) is 17.8 Å². The molecule has 5 heteroatoms. The predicted molar refractivity (Wildman–Crippen MR) is 75.9 cm³/mol. The molecule has 0 aromatic carbocycles. The number of nitrogens with one attached hydrogen (secondary N) is 1. The first kappa shape index (κ1) is 13.6. The van der Waals surface area contributed by atoms with Crippen LogP contribution < -0.4 is 5.43 Å². The first-order valence-electron chi connectivity index (χ1n) is 8.06. The van der Waals surface area contributed by atoms with Gasteiger partial charge in [0.25, 0.3) is 5.91 Å². The smallest absolute Gasteiger partial charge is 0.311 e. The fraction of sp³-hybridized carbons (Fsp3) is 0.875. The monoisotopic (exact) mass is 292 g/mol. The van der Waals surface area contributed by atoms with Gasteiger partial charge in [0.15, 0.2) is 0 Å². The zero-order valence-corrected chi connectivity index (χ0v) is 13.0. The number of carbonyl (C=O) groups excluding carboxylic acids is 2. The van der Waals surface area contributed by atoms with Gasteiger partial charge in [-0.2, -0.15) is 0 Å². The first-order valence-corrected chi connectivity index (χ1v) is 8.06. The van der Waals surface area contributed by atoms with Crippen LogP contribution in [0.5, 0.6) is 0 Å². The molecule has 5 rings (SSSR count). The molecule has 0 aromatic rings. The van der Waals surface area contributed by atoms with E-state index in [0.717, 1.165) is 32.1 Å². The Kier molecular flexibility index (Phi) is 2.58. The lowest BCUT2D eigenvalue weighted by atomic mass is 9.47. The van der Waals surface area contributed by atoms with Crippen molar-refractivity contribution in [3.05, 3.63) is 0 Å². The number of esters is 1. The van der Waals surface area contributed by atoms with Crippen LogP contribution in [0.15, 0.2) is 0 Å². The van der Waals surface area contributed by atoms with Crippen LogP contribution in [-0.2, 0) is 14.3 Å². The van der Waals surface area contributed by atoms with Gasteiger partial charge in [0, 0.05) is 0 Å². The van der Waals surface area contributed by atoms with Gasteiger partial charge in [0.1, 0.15) is 5.54 Å². The summed E-state index contributed by atoms with van der Waals surface area (Å²) in [6.07, 6.45) is 5.09. The SMILES string of the molecule is COC(=O)C12CC3C[C@H](C1)C(N1NC(C)(C)C1=O)[C@@H](C3)C2. The summed E-state index contributed by atoms with van der Waals surface area (Å²) in [6, 6.07) is 0.278. The zero-order chi connectivity index (χ0) is 15.0. The van der Waals surface area contributed by atoms with Crippen molar-refractivity contribution in [2.45, 2.75) is 57.5 Å². The molecule has 1 heterocycles. The third-order valence-electron chi connectivity index (χ3n) is 6.29. The van der Waals surface area contributed by atoms with E-state index >= 15 is 0 Å². The Labute approximate surface area is 125 Å². The molecule has 5 atom stereocenters. The van der Waals surface area contributed by atoms with E-state index in [1.54, 1.807) is 0 Å². The quantitative estimate of drug-likeness (QED) is 0.783. The number of hydrogen-bond acceptors (Lipinski definition) is 4. The third-order valence-corrected chi connectivity index (χ3v) is 6.29. The predicted octanol–water partition coefficient (Wildman–Crippen LogP) is 1.48. The normalized spacial score (nSPS) is 46.4. The molecule has 1 amide bonds. The maximum atomic E-state index is 12.3. The number of methoxy groups -OCH3 is 1. The van der Waals surface area contributed by atoms with E-state index < -0.39 is 5.54 Å². The van der Waals surface area contributed by atoms with Crippen molar-refractivity contribution in [1.82, 2.24) is 10.4 Å². The second kappa shape index (κ2) is 4.00. The van der Waals surface area contributed by atoms with Crippen molar-refractivity contribution in [1.29, 1.82) is 0 Å². The number of rotatable bonds is 2. The van der Waals surface area contributed by atoms with Gasteiger partial charge < -0.3 is 4.74 Å². The van der Waals surface area contributed by atoms with Crippen molar-refractivity contribution in [2.24, 2.45) is 23.2 Å². The molecule has 3 unspecified atom stereocenters. The summed E-state index contributed by atoms with van der Waals surface area (Å²) in [5.41, 5.74) is 2.64. The molecule has 1 saturated heterocycles. The number of hydrogen-bond donors (Lipinski definition) is 1. The largest absolute Gasteiger partial charge is 0.469 e. The van der Waals surface area contributed by atoms with E-state index in [2.05, 4.69) is 5.43 Å². The lowest BCUT2D eigenvalue weighted by Crippen LogP contribution is -2.79. The van der Waals surface area contributed by atoms with Crippen LogP contribution in [0, 0.1) is 23.2 Å². The molecule has 5 fully saturated rings. The molecule has 4 saturated carbocycles. The van der Waals surface area contributed by atoms with Gasteiger partial charge in [-0.25, -0.2) is 5.43 Å². The maximum absolute atomic E-state index is 12.3. The van der Waals surface area contributed by atoms with Crippen LogP contribution >= 0.6 is 0 Å². The molecular formula is C16H24N2O3. The lowest BCUT2D eigenvalue weighted by Gasteiger charge is -2.63. The minimum Gasteiger partial charge on any atom is -0.469 e. The average molecular weight is 292 g/mol. The Morgan fingerprint density at radius 3 is 2.33 bits per heavy atom. The van der Waals surface area contributed by atoms with Crippen LogP contribution in [0.4, 0.5) is 0 Å². The summed E-state index contributed by atoms with van der Waals surface area (Å²) in [5, 5.41) is 1.87. The molecule has 4 aliphatic carbocycles.